The fraction of sp³-hybridized carbons (Fsp3) is 0.500. The van der Waals surface area contributed by atoms with Gasteiger partial charge < -0.3 is 0 Å². The molecule has 0 spiro atoms. The number of fused-ring (bicyclic) bond motifs is 1. The lowest BCUT2D eigenvalue weighted by atomic mass is 9.96. The van der Waals surface area contributed by atoms with Crippen molar-refractivity contribution in [3.63, 3.8) is 0 Å². The zero-order chi connectivity index (χ0) is 14.2. The van der Waals surface area contributed by atoms with Gasteiger partial charge in [-0.15, -0.1) is 0 Å². The molecule has 0 amide bonds. The van der Waals surface area contributed by atoms with Crippen LogP contribution in [-0.4, -0.2) is 33.8 Å². The monoisotopic (exact) mass is 283 g/mol. The third-order valence-corrected chi connectivity index (χ3v) is 3.94. The Kier molecular flexibility index (Phi) is 3.41. The largest absolute Gasteiger partial charge is 0.391 e. The SMILES string of the molecule is FC(F)(F)C1CCN(Cc2cccc3ccnn23)CC1. The molecule has 108 valence electrons. The Bertz CT molecular complexity index is 583. The molecule has 3 nitrogen and oxygen atoms in total. The van der Waals surface area contributed by atoms with Crippen molar-refractivity contribution in [1.29, 1.82) is 0 Å². The predicted molar refractivity (Wildman–Crippen MR) is 69.2 cm³/mol. The zero-order valence-corrected chi connectivity index (χ0v) is 11.0. The van der Waals surface area contributed by atoms with Crippen molar-refractivity contribution in [2.45, 2.75) is 25.6 Å². The highest BCUT2D eigenvalue weighted by molar-refractivity contribution is 5.46. The minimum atomic E-state index is -4.05. The van der Waals surface area contributed by atoms with Crippen LogP contribution < -0.4 is 0 Å². The number of alkyl halides is 3. The van der Waals surface area contributed by atoms with Crippen LogP contribution in [-0.2, 0) is 6.54 Å². The Morgan fingerprint density at radius 1 is 1.15 bits per heavy atom. The van der Waals surface area contributed by atoms with Gasteiger partial charge in [-0.1, -0.05) is 6.07 Å². The minimum Gasteiger partial charge on any atom is -0.297 e. The van der Waals surface area contributed by atoms with Gasteiger partial charge in [-0.3, -0.25) is 4.90 Å². The Balaban J connectivity index is 1.67. The second-order valence-corrected chi connectivity index (χ2v) is 5.28. The van der Waals surface area contributed by atoms with Gasteiger partial charge in [-0.25, -0.2) is 4.52 Å². The first-order valence-electron chi connectivity index (χ1n) is 6.75. The molecule has 0 bridgehead atoms. The maximum Gasteiger partial charge on any atom is 0.391 e. The molecule has 0 N–H and O–H groups in total. The van der Waals surface area contributed by atoms with Crippen LogP contribution in [0.5, 0.6) is 0 Å². The van der Waals surface area contributed by atoms with Crippen LogP contribution in [0.3, 0.4) is 0 Å². The molecule has 20 heavy (non-hydrogen) atoms. The molecule has 0 aromatic carbocycles. The lowest BCUT2D eigenvalue weighted by Gasteiger charge is -2.32. The summed E-state index contributed by atoms with van der Waals surface area (Å²) in [5, 5.41) is 4.25. The molecule has 1 fully saturated rings. The summed E-state index contributed by atoms with van der Waals surface area (Å²) in [6.45, 7) is 1.62. The quantitative estimate of drug-likeness (QED) is 0.844. The van der Waals surface area contributed by atoms with Gasteiger partial charge in [0.05, 0.1) is 17.1 Å². The van der Waals surface area contributed by atoms with E-state index in [-0.39, 0.29) is 12.8 Å². The molecule has 0 aliphatic carbocycles. The molecule has 1 aliphatic rings. The highest BCUT2D eigenvalue weighted by Gasteiger charge is 2.40. The minimum absolute atomic E-state index is 0.193. The molecular weight excluding hydrogens is 267 g/mol. The summed E-state index contributed by atoms with van der Waals surface area (Å²) in [6.07, 6.45) is -1.93. The van der Waals surface area contributed by atoms with Crippen LogP contribution in [0, 0.1) is 5.92 Å². The Morgan fingerprint density at radius 3 is 2.60 bits per heavy atom. The van der Waals surface area contributed by atoms with Crippen molar-refractivity contribution in [3.05, 3.63) is 36.2 Å². The smallest absolute Gasteiger partial charge is 0.297 e. The van der Waals surface area contributed by atoms with Gasteiger partial charge in [0, 0.05) is 12.7 Å². The van der Waals surface area contributed by atoms with Crippen LogP contribution >= 0.6 is 0 Å². The summed E-state index contributed by atoms with van der Waals surface area (Å²) in [6, 6.07) is 7.80. The maximum atomic E-state index is 12.6. The molecule has 0 unspecified atom stereocenters. The number of hydrogen-bond donors (Lipinski definition) is 0. The topological polar surface area (TPSA) is 20.5 Å². The van der Waals surface area contributed by atoms with E-state index >= 15 is 0 Å². The number of pyridine rings is 1. The number of hydrogen-bond acceptors (Lipinski definition) is 2. The van der Waals surface area contributed by atoms with Gasteiger partial charge in [0.1, 0.15) is 0 Å². The number of aromatic nitrogens is 2. The third-order valence-electron chi connectivity index (χ3n) is 3.94. The van der Waals surface area contributed by atoms with Crippen LogP contribution in [0.4, 0.5) is 13.2 Å². The summed E-state index contributed by atoms with van der Waals surface area (Å²) in [5.41, 5.74) is 2.02. The maximum absolute atomic E-state index is 12.6. The highest BCUT2D eigenvalue weighted by Crippen LogP contribution is 2.34. The van der Waals surface area contributed by atoms with Crippen molar-refractivity contribution in [2.75, 3.05) is 13.1 Å². The molecule has 1 saturated heterocycles. The third kappa shape index (κ3) is 2.65. The van der Waals surface area contributed by atoms with E-state index in [0.717, 1.165) is 11.2 Å². The van der Waals surface area contributed by atoms with E-state index in [1.54, 1.807) is 6.20 Å². The molecule has 0 atom stereocenters. The van der Waals surface area contributed by atoms with E-state index in [0.29, 0.717) is 19.6 Å². The van der Waals surface area contributed by atoms with Crippen LogP contribution in [0.2, 0.25) is 0 Å². The van der Waals surface area contributed by atoms with Gasteiger partial charge in [0.15, 0.2) is 0 Å². The number of piperidine rings is 1. The standard InChI is InChI=1S/C14H16F3N3/c15-14(16,17)11-5-8-19(9-6-11)10-13-3-1-2-12-4-7-18-20(12)13/h1-4,7,11H,5-6,8-10H2. The second kappa shape index (κ2) is 5.09. The molecule has 3 heterocycles. The van der Waals surface area contributed by atoms with Crippen LogP contribution in [0.1, 0.15) is 18.5 Å². The van der Waals surface area contributed by atoms with Crippen molar-refractivity contribution < 1.29 is 13.2 Å². The summed E-state index contributed by atoms with van der Waals surface area (Å²) >= 11 is 0. The van der Waals surface area contributed by atoms with Crippen molar-refractivity contribution in [3.8, 4) is 0 Å². The molecule has 2 aromatic heterocycles. The summed E-state index contributed by atoms with van der Waals surface area (Å²) in [5.74, 6) is -1.14. The van der Waals surface area contributed by atoms with E-state index < -0.39 is 12.1 Å². The summed E-state index contributed by atoms with van der Waals surface area (Å²) in [4.78, 5) is 2.07. The Hall–Kier alpha value is -1.56. The first-order valence-corrected chi connectivity index (χ1v) is 6.75. The fourth-order valence-corrected chi connectivity index (χ4v) is 2.78. The highest BCUT2D eigenvalue weighted by atomic mass is 19.4. The van der Waals surface area contributed by atoms with E-state index in [1.165, 1.54) is 0 Å². The molecule has 3 rings (SSSR count). The zero-order valence-electron chi connectivity index (χ0n) is 11.0. The number of nitrogens with zero attached hydrogens (tertiary/aromatic N) is 3. The molecule has 0 saturated carbocycles. The lowest BCUT2D eigenvalue weighted by molar-refractivity contribution is -0.185. The first kappa shape index (κ1) is 13.4. The first-order chi connectivity index (χ1) is 9.54. The molecule has 2 aromatic rings. The second-order valence-electron chi connectivity index (χ2n) is 5.28. The van der Waals surface area contributed by atoms with Crippen LogP contribution in [0.15, 0.2) is 30.5 Å². The van der Waals surface area contributed by atoms with Gasteiger partial charge in [-0.2, -0.15) is 18.3 Å². The number of likely N-dealkylation sites (tertiary alicyclic amines) is 1. The number of rotatable bonds is 2. The Labute approximate surface area is 115 Å². The van der Waals surface area contributed by atoms with Crippen molar-refractivity contribution >= 4 is 5.52 Å². The number of halogens is 3. The van der Waals surface area contributed by atoms with Crippen molar-refractivity contribution in [2.24, 2.45) is 5.92 Å². The van der Waals surface area contributed by atoms with E-state index in [4.69, 9.17) is 0 Å². The average molecular weight is 283 g/mol. The molecule has 1 aliphatic heterocycles. The van der Waals surface area contributed by atoms with Gasteiger partial charge >= 0.3 is 6.18 Å². The van der Waals surface area contributed by atoms with Gasteiger partial charge in [-0.05, 0) is 44.1 Å². The fourth-order valence-electron chi connectivity index (χ4n) is 2.78. The predicted octanol–water partition coefficient (Wildman–Crippen LogP) is 3.11. The molecular formula is C14H16F3N3. The molecule has 6 heteroatoms. The van der Waals surface area contributed by atoms with E-state index in [1.807, 2.05) is 28.8 Å². The van der Waals surface area contributed by atoms with Gasteiger partial charge in [0.25, 0.3) is 0 Å². The summed E-state index contributed by atoms with van der Waals surface area (Å²) in [7, 11) is 0. The van der Waals surface area contributed by atoms with Crippen molar-refractivity contribution in [1.82, 2.24) is 14.5 Å². The average Bonchev–Trinajstić information content (AvgIpc) is 2.88. The van der Waals surface area contributed by atoms with E-state index in [2.05, 4.69) is 10.00 Å². The normalized spacial score (nSPS) is 18.8. The van der Waals surface area contributed by atoms with E-state index in [9.17, 15) is 13.2 Å². The Morgan fingerprint density at radius 2 is 1.90 bits per heavy atom. The van der Waals surface area contributed by atoms with Crippen LogP contribution in [0.25, 0.3) is 5.52 Å². The van der Waals surface area contributed by atoms with Gasteiger partial charge in [0.2, 0.25) is 0 Å². The summed E-state index contributed by atoms with van der Waals surface area (Å²) < 4.78 is 39.7. The lowest BCUT2D eigenvalue weighted by Crippen LogP contribution is -2.38. The molecule has 0 radical (unpaired) electrons.